The van der Waals surface area contributed by atoms with Crippen molar-refractivity contribution in [1.82, 2.24) is 9.78 Å². The zero-order valence-corrected chi connectivity index (χ0v) is 7.43. The first-order valence-corrected chi connectivity index (χ1v) is 4.65. The Bertz CT molecular complexity index is 283. The Hall–Kier alpha value is -0.805. The molecular formula is C8H13BN2O2. The van der Waals surface area contributed by atoms with E-state index in [2.05, 4.69) is 5.10 Å². The third kappa shape index (κ3) is 2.32. The first kappa shape index (κ1) is 8.78. The van der Waals surface area contributed by atoms with Crippen LogP contribution >= 0.6 is 0 Å². The van der Waals surface area contributed by atoms with Crippen molar-refractivity contribution in [2.45, 2.75) is 25.8 Å². The van der Waals surface area contributed by atoms with Crippen LogP contribution in [0.4, 0.5) is 0 Å². The topological polar surface area (TPSA) is 58.3 Å². The number of aryl methyl sites for hydroxylation is 1. The molecule has 0 atom stereocenters. The monoisotopic (exact) mass is 180 g/mol. The van der Waals surface area contributed by atoms with Crippen LogP contribution in [0.5, 0.6) is 0 Å². The summed E-state index contributed by atoms with van der Waals surface area (Å²) in [5, 5.41) is 21.6. The van der Waals surface area contributed by atoms with Gasteiger partial charge in [0.15, 0.2) is 0 Å². The van der Waals surface area contributed by atoms with Gasteiger partial charge in [0.25, 0.3) is 0 Å². The van der Waals surface area contributed by atoms with E-state index in [1.165, 1.54) is 12.8 Å². The molecule has 1 saturated carbocycles. The van der Waals surface area contributed by atoms with Crippen molar-refractivity contribution in [3.05, 3.63) is 12.3 Å². The second-order valence-electron chi connectivity index (χ2n) is 3.61. The summed E-state index contributed by atoms with van der Waals surface area (Å²) in [4.78, 5) is 0. The van der Waals surface area contributed by atoms with E-state index in [-0.39, 0.29) is 0 Å². The fraction of sp³-hybridized carbons (Fsp3) is 0.625. The molecule has 1 aliphatic carbocycles. The summed E-state index contributed by atoms with van der Waals surface area (Å²) in [5.41, 5.74) is 0.329. The second kappa shape index (κ2) is 3.51. The molecular weight excluding hydrogens is 167 g/mol. The summed E-state index contributed by atoms with van der Waals surface area (Å²) in [6.45, 7) is 0.886. The van der Waals surface area contributed by atoms with E-state index in [1.807, 2.05) is 0 Å². The van der Waals surface area contributed by atoms with Crippen LogP contribution in [0.1, 0.15) is 19.3 Å². The van der Waals surface area contributed by atoms with Crippen LogP contribution in [0.3, 0.4) is 0 Å². The summed E-state index contributed by atoms with van der Waals surface area (Å²) in [6, 6.07) is 1.64. The van der Waals surface area contributed by atoms with Crippen molar-refractivity contribution in [2.75, 3.05) is 0 Å². The first-order chi connectivity index (χ1) is 6.25. The summed E-state index contributed by atoms with van der Waals surface area (Å²) < 4.78 is 1.77. The molecule has 1 aromatic rings. The van der Waals surface area contributed by atoms with Gasteiger partial charge in [0.2, 0.25) is 0 Å². The van der Waals surface area contributed by atoms with Crippen molar-refractivity contribution < 1.29 is 10.0 Å². The molecule has 1 aromatic heterocycles. The van der Waals surface area contributed by atoms with Crippen molar-refractivity contribution in [3.63, 3.8) is 0 Å². The quantitative estimate of drug-likeness (QED) is 0.606. The molecule has 1 aliphatic rings. The van der Waals surface area contributed by atoms with Gasteiger partial charge in [-0.1, -0.05) is 12.8 Å². The Balaban J connectivity index is 1.88. The Labute approximate surface area is 77.3 Å². The lowest BCUT2D eigenvalue weighted by atomic mass is 9.87. The van der Waals surface area contributed by atoms with E-state index in [9.17, 15) is 0 Å². The molecule has 0 aromatic carbocycles. The highest BCUT2D eigenvalue weighted by atomic mass is 16.4. The molecule has 1 heterocycles. The number of aromatic nitrogens is 2. The van der Waals surface area contributed by atoms with Gasteiger partial charge >= 0.3 is 7.12 Å². The third-order valence-electron chi connectivity index (χ3n) is 2.39. The lowest BCUT2D eigenvalue weighted by molar-refractivity contribution is 0.423. The van der Waals surface area contributed by atoms with Crippen molar-refractivity contribution in [2.24, 2.45) is 5.92 Å². The molecule has 13 heavy (non-hydrogen) atoms. The number of hydrogen-bond donors (Lipinski definition) is 2. The minimum absolute atomic E-state index is 0.329. The molecule has 0 spiro atoms. The van der Waals surface area contributed by atoms with Crippen LogP contribution in [0.25, 0.3) is 0 Å². The fourth-order valence-corrected chi connectivity index (χ4v) is 1.36. The highest BCUT2D eigenvalue weighted by molar-refractivity contribution is 6.57. The van der Waals surface area contributed by atoms with Gasteiger partial charge in [0, 0.05) is 12.7 Å². The Morgan fingerprint density at radius 3 is 2.85 bits per heavy atom. The number of hydrogen-bond acceptors (Lipinski definition) is 3. The number of rotatable bonds is 4. The van der Waals surface area contributed by atoms with Gasteiger partial charge in [-0.2, -0.15) is 5.10 Å². The van der Waals surface area contributed by atoms with E-state index >= 15 is 0 Å². The molecule has 1 fully saturated rings. The van der Waals surface area contributed by atoms with Gasteiger partial charge < -0.3 is 10.0 Å². The van der Waals surface area contributed by atoms with Gasteiger partial charge in [-0.05, 0) is 18.4 Å². The smallest absolute Gasteiger partial charge is 0.422 e. The van der Waals surface area contributed by atoms with Crippen LogP contribution in [0.15, 0.2) is 12.3 Å². The van der Waals surface area contributed by atoms with Gasteiger partial charge in [-0.3, -0.25) is 4.68 Å². The normalized spacial score (nSPS) is 16.2. The molecule has 0 saturated heterocycles. The fourth-order valence-electron chi connectivity index (χ4n) is 1.36. The Morgan fingerprint density at radius 2 is 2.31 bits per heavy atom. The van der Waals surface area contributed by atoms with Crippen LogP contribution in [-0.2, 0) is 6.54 Å². The summed E-state index contributed by atoms with van der Waals surface area (Å²) in [5.74, 6) is 0.881. The van der Waals surface area contributed by atoms with Crippen LogP contribution < -0.4 is 5.59 Å². The maximum atomic E-state index is 8.81. The lowest BCUT2D eigenvalue weighted by Crippen LogP contribution is -2.31. The highest BCUT2D eigenvalue weighted by Crippen LogP contribution is 2.32. The van der Waals surface area contributed by atoms with Gasteiger partial charge in [0.05, 0.1) is 5.59 Å². The predicted molar refractivity (Wildman–Crippen MR) is 49.4 cm³/mol. The van der Waals surface area contributed by atoms with E-state index < -0.39 is 7.12 Å². The van der Waals surface area contributed by atoms with E-state index in [0.29, 0.717) is 5.59 Å². The largest absolute Gasteiger partial charge is 0.510 e. The average Bonchev–Trinajstić information content (AvgIpc) is 2.79. The second-order valence-corrected chi connectivity index (χ2v) is 3.61. The Kier molecular flexibility index (Phi) is 2.37. The van der Waals surface area contributed by atoms with Crippen molar-refractivity contribution >= 4 is 12.7 Å². The van der Waals surface area contributed by atoms with E-state index in [1.54, 1.807) is 16.9 Å². The standard InChI is InChI=1S/C8H13BN2O2/c12-9(13)8-4-6-11(10-8)5-3-7-1-2-7/h4,6-7,12-13H,1-3,5H2. The summed E-state index contributed by atoms with van der Waals surface area (Å²) in [6.07, 6.45) is 5.63. The van der Waals surface area contributed by atoms with Crippen molar-refractivity contribution in [1.29, 1.82) is 0 Å². The van der Waals surface area contributed by atoms with E-state index in [4.69, 9.17) is 10.0 Å². The molecule has 0 radical (unpaired) electrons. The van der Waals surface area contributed by atoms with E-state index in [0.717, 1.165) is 18.9 Å². The van der Waals surface area contributed by atoms with Gasteiger partial charge in [-0.15, -0.1) is 0 Å². The minimum Gasteiger partial charge on any atom is -0.422 e. The zero-order valence-electron chi connectivity index (χ0n) is 7.43. The summed E-state index contributed by atoms with van der Waals surface area (Å²) >= 11 is 0. The molecule has 2 rings (SSSR count). The van der Waals surface area contributed by atoms with Gasteiger partial charge in [0.1, 0.15) is 0 Å². The van der Waals surface area contributed by atoms with Crippen molar-refractivity contribution in [3.8, 4) is 0 Å². The van der Waals surface area contributed by atoms with Crippen LogP contribution in [-0.4, -0.2) is 26.9 Å². The van der Waals surface area contributed by atoms with Crippen LogP contribution in [0, 0.1) is 5.92 Å². The SMILES string of the molecule is OB(O)c1ccn(CCC2CC2)n1. The highest BCUT2D eigenvalue weighted by Gasteiger charge is 2.21. The molecule has 0 amide bonds. The molecule has 0 bridgehead atoms. The maximum Gasteiger partial charge on any atom is 0.510 e. The molecule has 0 unspecified atom stereocenters. The molecule has 2 N–H and O–H groups in total. The lowest BCUT2D eigenvalue weighted by Gasteiger charge is -1.98. The zero-order chi connectivity index (χ0) is 9.26. The van der Waals surface area contributed by atoms with Crippen LogP contribution in [0.2, 0.25) is 0 Å². The Morgan fingerprint density at radius 1 is 1.54 bits per heavy atom. The maximum absolute atomic E-state index is 8.81. The average molecular weight is 180 g/mol. The minimum atomic E-state index is -1.44. The molecule has 70 valence electrons. The predicted octanol–water partition coefficient (Wildman–Crippen LogP) is -0.637. The first-order valence-electron chi connectivity index (χ1n) is 4.65. The number of nitrogens with zero attached hydrogens (tertiary/aromatic N) is 2. The molecule has 0 aliphatic heterocycles. The molecule has 5 heteroatoms. The van der Waals surface area contributed by atoms with Gasteiger partial charge in [-0.25, -0.2) is 0 Å². The molecule has 4 nitrogen and oxygen atoms in total. The summed E-state index contributed by atoms with van der Waals surface area (Å²) in [7, 11) is -1.44. The third-order valence-corrected chi connectivity index (χ3v) is 2.39.